The van der Waals surface area contributed by atoms with Crippen LogP contribution in [-0.4, -0.2) is 25.8 Å². The van der Waals surface area contributed by atoms with Gasteiger partial charge >= 0.3 is 0 Å². The van der Waals surface area contributed by atoms with Crippen molar-refractivity contribution in [2.75, 3.05) is 11.5 Å². The Bertz CT molecular complexity index is 450. The monoisotopic (exact) mass is 283 g/mol. The van der Waals surface area contributed by atoms with E-state index in [0.29, 0.717) is 5.75 Å². The summed E-state index contributed by atoms with van der Waals surface area (Å²) in [4.78, 5) is 15.4. The van der Waals surface area contributed by atoms with E-state index in [0.717, 1.165) is 30.6 Å². The molecule has 18 heavy (non-hydrogen) atoms. The van der Waals surface area contributed by atoms with Crippen LogP contribution in [0.15, 0.2) is 24.5 Å². The molecule has 2 atom stereocenters. The summed E-state index contributed by atoms with van der Waals surface area (Å²) in [7, 11) is -0.917. The number of carbonyl (C=O) groups is 1. The highest BCUT2D eigenvalue weighted by Gasteiger charge is 2.40. The molecule has 1 fully saturated rings. The number of carbonyl (C=O) groups excluding carboxylic acids is 1. The third-order valence-electron chi connectivity index (χ3n) is 3.29. The Kier molecular flexibility index (Phi) is 4.56. The van der Waals surface area contributed by atoms with Gasteiger partial charge in [-0.1, -0.05) is 24.2 Å². The van der Waals surface area contributed by atoms with Gasteiger partial charge in [-0.05, 0) is 24.5 Å². The van der Waals surface area contributed by atoms with E-state index in [1.807, 2.05) is 12.1 Å². The van der Waals surface area contributed by atoms with E-state index in [2.05, 4.69) is 4.98 Å². The van der Waals surface area contributed by atoms with E-state index in [1.165, 1.54) is 11.8 Å². The minimum atomic E-state index is -0.917. The molecule has 0 radical (unpaired) electrons. The molecule has 1 aromatic rings. The Morgan fingerprint density at radius 3 is 3.00 bits per heavy atom. The molecule has 0 unspecified atom stereocenters. The average molecular weight is 283 g/mol. The highest BCUT2D eigenvalue weighted by atomic mass is 32.2. The van der Waals surface area contributed by atoms with Gasteiger partial charge in [-0.3, -0.25) is 14.0 Å². The van der Waals surface area contributed by atoms with Crippen LogP contribution < -0.4 is 0 Å². The number of aromatic nitrogens is 1. The zero-order chi connectivity index (χ0) is 13.0. The third-order valence-corrected chi connectivity index (χ3v) is 6.63. The van der Waals surface area contributed by atoms with E-state index in [9.17, 15) is 9.00 Å². The largest absolute Gasteiger partial charge is 0.288 e. The van der Waals surface area contributed by atoms with Gasteiger partial charge in [-0.15, -0.1) is 0 Å². The minimum Gasteiger partial charge on any atom is -0.288 e. The molecule has 1 aromatic heterocycles. The van der Waals surface area contributed by atoms with Crippen LogP contribution in [0.5, 0.6) is 0 Å². The second-order valence-corrected chi connectivity index (χ2v) is 7.56. The lowest BCUT2D eigenvalue weighted by molar-refractivity contribution is -0.109. The number of hydrogen-bond donors (Lipinski definition) is 0. The van der Waals surface area contributed by atoms with Crippen molar-refractivity contribution in [1.29, 1.82) is 0 Å². The molecule has 0 aromatic carbocycles. The van der Waals surface area contributed by atoms with Crippen molar-refractivity contribution in [3.05, 3.63) is 30.1 Å². The number of thioether (sulfide) groups is 1. The second kappa shape index (κ2) is 5.97. The van der Waals surface area contributed by atoms with Crippen molar-refractivity contribution < 1.29 is 9.00 Å². The summed E-state index contributed by atoms with van der Waals surface area (Å²) in [5.41, 5.74) is 1.01. The average Bonchev–Trinajstić information content (AvgIpc) is 2.39. The predicted molar refractivity (Wildman–Crippen MR) is 75.9 cm³/mol. The molecule has 5 heteroatoms. The van der Waals surface area contributed by atoms with Crippen LogP contribution in [-0.2, 0) is 20.3 Å². The Hall–Kier alpha value is -0.680. The standard InChI is InChI=1S/C13H17NO2S2/c1-11(15)17-10-13(6-2-3-8-18(13)16)12-5-4-7-14-9-12/h4-5,7,9H,2-3,6,8,10H2,1H3/t13-,18+/m0/s1. The van der Waals surface area contributed by atoms with Crippen LogP contribution in [0.1, 0.15) is 31.7 Å². The molecule has 0 N–H and O–H groups in total. The van der Waals surface area contributed by atoms with Crippen molar-refractivity contribution >= 4 is 27.7 Å². The van der Waals surface area contributed by atoms with Crippen LogP contribution >= 0.6 is 11.8 Å². The number of pyridine rings is 1. The summed E-state index contributed by atoms with van der Waals surface area (Å²) in [6.45, 7) is 1.56. The molecular formula is C13H17NO2S2. The molecule has 2 heterocycles. The van der Waals surface area contributed by atoms with E-state index in [1.54, 1.807) is 19.3 Å². The molecule has 98 valence electrons. The van der Waals surface area contributed by atoms with Gasteiger partial charge in [0.15, 0.2) is 5.12 Å². The maximum atomic E-state index is 12.5. The minimum absolute atomic E-state index is 0.0841. The highest BCUT2D eigenvalue weighted by Crippen LogP contribution is 2.40. The van der Waals surface area contributed by atoms with E-state index < -0.39 is 10.8 Å². The summed E-state index contributed by atoms with van der Waals surface area (Å²) in [5, 5.41) is 0.0841. The van der Waals surface area contributed by atoms with Gasteiger partial charge in [0.05, 0.1) is 4.75 Å². The zero-order valence-corrected chi connectivity index (χ0v) is 12.1. The molecule has 1 aliphatic rings. The predicted octanol–water partition coefficient (Wildman–Crippen LogP) is 2.49. The summed E-state index contributed by atoms with van der Waals surface area (Å²) < 4.78 is 12.1. The smallest absolute Gasteiger partial charge is 0.185 e. The zero-order valence-electron chi connectivity index (χ0n) is 10.4. The van der Waals surface area contributed by atoms with Gasteiger partial charge in [-0.25, -0.2) is 0 Å². The molecule has 2 rings (SSSR count). The lowest BCUT2D eigenvalue weighted by Gasteiger charge is -2.36. The first kappa shape index (κ1) is 13.7. The van der Waals surface area contributed by atoms with Crippen molar-refractivity contribution in [2.24, 2.45) is 0 Å². The summed E-state index contributed by atoms with van der Waals surface area (Å²) in [6, 6.07) is 3.86. The normalized spacial score (nSPS) is 27.9. The van der Waals surface area contributed by atoms with Crippen molar-refractivity contribution in [2.45, 2.75) is 30.9 Å². The van der Waals surface area contributed by atoms with E-state index in [4.69, 9.17) is 0 Å². The molecule has 0 saturated carbocycles. The Morgan fingerprint density at radius 1 is 1.56 bits per heavy atom. The fourth-order valence-corrected chi connectivity index (χ4v) is 5.36. The van der Waals surface area contributed by atoms with Gasteiger partial charge in [-0.2, -0.15) is 0 Å². The molecule has 0 aliphatic carbocycles. The SMILES string of the molecule is CC(=O)SC[C@]1(c2cccnc2)CCCC[S@]1=O. The third kappa shape index (κ3) is 2.83. The quantitative estimate of drug-likeness (QED) is 0.855. The summed E-state index contributed by atoms with van der Waals surface area (Å²) in [6.07, 6.45) is 6.48. The van der Waals surface area contributed by atoms with E-state index >= 15 is 0 Å². The molecule has 3 nitrogen and oxygen atoms in total. The van der Waals surface area contributed by atoms with Gasteiger partial charge in [0.25, 0.3) is 0 Å². The Labute approximate surface area is 114 Å². The second-order valence-electron chi connectivity index (χ2n) is 4.52. The van der Waals surface area contributed by atoms with Crippen LogP contribution in [0.3, 0.4) is 0 Å². The fourth-order valence-electron chi connectivity index (χ4n) is 2.30. The molecule has 0 bridgehead atoms. The first-order valence-electron chi connectivity index (χ1n) is 6.07. The Balaban J connectivity index is 2.32. The van der Waals surface area contributed by atoms with Crippen LogP contribution in [0.25, 0.3) is 0 Å². The van der Waals surface area contributed by atoms with Crippen LogP contribution in [0, 0.1) is 0 Å². The Morgan fingerprint density at radius 2 is 2.39 bits per heavy atom. The highest BCUT2D eigenvalue weighted by molar-refractivity contribution is 8.14. The first-order valence-corrected chi connectivity index (χ1v) is 8.38. The fraction of sp³-hybridized carbons (Fsp3) is 0.538. The lowest BCUT2D eigenvalue weighted by Crippen LogP contribution is -2.39. The van der Waals surface area contributed by atoms with E-state index in [-0.39, 0.29) is 9.86 Å². The summed E-state index contributed by atoms with van der Waals surface area (Å²) >= 11 is 1.28. The van der Waals surface area contributed by atoms with Crippen LogP contribution in [0.4, 0.5) is 0 Å². The maximum absolute atomic E-state index is 12.5. The molecule has 0 amide bonds. The van der Waals surface area contributed by atoms with Gasteiger partial charge in [0.2, 0.25) is 0 Å². The maximum Gasteiger partial charge on any atom is 0.185 e. The van der Waals surface area contributed by atoms with Crippen molar-refractivity contribution in [3.8, 4) is 0 Å². The van der Waals surface area contributed by atoms with Crippen molar-refractivity contribution in [3.63, 3.8) is 0 Å². The summed E-state index contributed by atoms with van der Waals surface area (Å²) in [5.74, 6) is 1.33. The van der Waals surface area contributed by atoms with Gasteiger partial charge < -0.3 is 0 Å². The van der Waals surface area contributed by atoms with Crippen molar-refractivity contribution in [1.82, 2.24) is 4.98 Å². The topological polar surface area (TPSA) is 47.0 Å². The van der Waals surface area contributed by atoms with Crippen LogP contribution in [0.2, 0.25) is 0 Å². The van der Waals surface area contributed by atoms with Gasteiger partial charge in [0.1, 0.15) is 0 Å². The van der Waals surface area contributed by atoms with Gasteiger partial charge in [0, 0.05) is 41.6 Å². The first-order chi connectivity index (χ1) is 8.65. The molecule has 1 saturated heterocycles. The molecule has 0 spiro atoms. The molecular weight excluding hydrogens is 266 g/mol. The molecule has 1 aliphatic heterocycles. The lowest BCUT2D eigenvalue weighted by atomic mass is 9.95. The number of nitrogens with zero attached hydrogens (tertiary/aromatic N) is 1. The number of hydrogen-bond acceptors (Lipinski definition) is 4. The number of rotatable bonds is 3.